The van der Waals surface area contributed by atoms with E-state index < -0.39 is 0 Å². The summed E-state index contributed by atoms with van der Waals surface area (Å²) in [5, 5.41) is 0. The van der Waals surface area contributed by atoms with Gasteiger partial charge in [0.25, 0.3) is 0 Å². The van der Waals surface area contributed by atoms with E-state index in [1.165, 1.54) is 5.56 Å². The van der Waals surface area contributed by atoms with Crippen molar-refractivity contribution in [1.29, 1.82) is 0 Å². The number of carbonyl (C=O) groups is 1. The minimum absolute atomic E-state index is 0.239. The van der Waals surface area contributed by atoms with Gasteiger partial charge in [-0.3, -0.25) is 4.90 Å². The molecule has 1 saturated heterocycles. The molecule has 122 valence electrons. The van der Waals surface area contributed by atoms with Gasteiger partial charge in [-0.2, -0.15) is 0 Å². The van der Waals surface area contributed by atoms with Crippen LogP contribution in [0, 0.1) is 6.92 Å². The van der Waals surface area contributed by atoms with Crippen LogP contribution in [0.1, 0.15) is 18.1 Å². The average molecular weight is 306 g/mol. The Balaban J connectivity index is 1.94. The number of morpholine rings is 1. The lowest BCUT2D eigenvalue weighted by molar-refractivity contribution is 0.0318. The van der Waals surface area contributed by atoms with Gasteiger partial charge in [0.05, 0.1) is 19.8 Å². The van der Waals surface area contributed by atoms with Gasteiger partial charge in [-0.05, 0) is 19.4 Å². The number of ether oxygens (including phenoxy) is 2. The third-order valence-corrected chi connectivity index (χ3v) is 3.77. The second-order valence-electron chi connectivity index (χ2n) is 5.56. The molecule has 1 aliphatic heterocycles. The highest BCUT2D eigenvalue weighted by molar-refractivity contribution is 5.67. The molecule has 1 aromatic rings. The number of nitrogens with zero attached hydrogens (tertiary/aromatic N) is 2. The summed E-state index contributed by atoms with van der Waals surface area (Å²) in [6.07, 6.45) is -0.239. The van der Waals surface area contributed by atoms with Crippen LogP contribution < -0.4 is 0 Å². The van der Waals surface area contributed by atoms with E-state index in [0.717, 1.165) is 38.4 Å². The van der Waals surface area contributed by atoms with E-state index in [-0.39, 0.29) is 6.09 Å². The standard InChI is InChI=1S/C17H26N2O3/c1-3-22-17(20)19(8-7-18-9-11-21-12-10-18)14-16-6-4-5-15(2)13-16/h4-6,13H,3,7-12,14H2,1-2H3. The Kier molecular flexibility index (Phi) is 6.68. The minimum atomic E-state index is -0.239. The fourth-order valence-corrected chi connectivity index (χ4v) is 2.57. The molecule has 1 heterocycles. The number of rotatable bonds is 6. The molecule has 5 nitrogen and oxygen atoms in total. The molecule has 22 heavy (non-hydrogen) atoms. The zero-order valence-electron chi connectivity index (χ0n) is 13.6. The van der Waals surface area contributed by atoms with Gasteiger partial charge in [0, 0.05) is 32.7 Å². The Labute approximate surface area is 132 Å². The number of hydrogen-bond donors (Lipinski definition) is 0. The van der Waals surface area contributed by atoms with Crippen molar-refractivity contribution in [2.45, 2.75) is 20.4 Å². The van der Waals surface area contributed by atoms with Crippen molar-refractivity contribution in [2.24, 2.45) is 0 Å². The molecule has 1 fully saturated rings. The van der Waals surface area contributed by atoms with Gasteiger partial charge >= 0.3 is 6.09 Å². The van der Waals surface area contributed by atoms with Crippen molar-refractivity contribution < 1.29 is 14.3 Å². The van der Waals surface area contributed by atoms with Crippen LogP contribution in [0.3, 0.4) is 0 Å². The molecule has 0 spiro atoms. The maximum Gasteiger partial charge on any atom is 0.410 e. The van der Waals surface area contributed by atoms with E-state index in [2.05, 4.69) is 24.0 Å². The predicted octanol–water partition coefficient (Wildman–Crippen LogP) is 2.29. The molecule has 1 aliphatic rings. The zero-order valence-corrected chi connectivity index (χ0v) is 13.6. The summed E-state index contributed by atoms with van der Waals surface area (Å²) in [6.45, 7) is 9.83. The fraction of sp³-hybridized carbons (Fsp3) is 0.588. The average Bonchev–Trinajstić information content (AvgIpc) is 2.52. The fourth-order valence-electron chi connectivity index (χ4n) is 2.57. The van der Waals surface area contributed by atoms with Crippen molar-refractivity contribution >= 4 is 6.09 Å². The third kappa shape index (κ3) is 5.31. The van der Waals surface area contributed by atoms with Gasteiger partial charge in [0.15, 0.2) is 0 Å². The topological polar surface area (TPSA) is 42.0 Å². The first-order valence-corrected chi connectivity index (χ1v) is 7.96. The van der Waals surface area contributed by atoms with Gasteiger partial charge in [-0.25, -0.2) is 4.79 Å². The highest BCUT2D eigenvalue weighted by Crippen LogP contribution is 2.09. The number of amides is 1. The molecule has 1 aromatic carbocycles. The van der Waals surface area contributed by atoms with Crippen molar-refractivity contribution in [3.63, 3.8) is 0 Å². The van der Waals surface area contributed by atoms with E-state index in [4.69, 9.17) is 9.47 Å². The SMILES string of the molecule is CCOC(=O)N(CCN1CCOCC1)Cc1cccc(C)c1. The van der Waals surface area contributed by atoms with Crippen LogP contribution in [0.25, 0.3) is 0 Å². The summed E-state index contributed by atoms with van der Waals surface area (Å²) in [6, 6.07) is 8.25. The van der Waals surface area contributed by atoms with Crippen LogP contribution in [-0.2, 0) is 16.0 Å². The molecule has 5 heteroatoms. The second kappa shape index (κ2) is 8.76. The van der Waals surface area contributed by atoms with E-state index in [0.29, 0.717) is 19.7 Å². The van der Waals surface area contributed by atoms with Crippen LogP contribution in [0.2, 0.25) is 0 Å². The summed E-state index contributed by atoms with van der Waals surface area (Å²) in [4.78, 5) is 16.3. The number of carbonyl (C=O) groups excluding carboxylic acids is 1. The summed E-state index contributed by atoms with van der Waals surface area (Å²) >= 11 is 0. The molecule has 0 aromatic heterocycles. The molecule has 0 N–H and O–H groups in total. The summed E-state index contributed by atoms with van der Waals surface area (Å²) in [5.41, 5.74) is 2.34. The first-order chi connectivity index (χ1) is 10.7. The van der Waals surface area contributed by atoms with Crippen molar-refractivity contribution in [3.8, 4) is 0 Å². The van der Waals surface area contributed by atoms with Crippen molar-refractivity contribution in [1.82, 2.24) is 9.80 Å². The third-order valence-electron chi connectivity index (χ3n) is 3.77. The summed E-state index contributed by atoms with van der Waals surface area (Å²) in [7, 11) is 0. The maximum absolute atomic E-state index is 12.2. The zero-order chi connectivity index (χ0) is 15.8. The Morgan fingerprint density at radius 1 is 1.36 bits per heavy atom. The van der Waals surface area contributed by atoms with E-state index in [9.17, 15) is 4.79 Å². The van der Waals surface area contributed by atoms with E-state index >= 15 is 0 Å². The molecule has 0 aliphatic carbocycles. The summed E-state index contributed by atoms with van der Waals surface area (Å²) < 4.78 is 10.5. The Bertz CT molecular complexity index is 473. The lowest BCUT2D eigenvalue weighted by Crippen LogP contribution is -2.43. The highest BCUT2D eigenvalue weighted by atomic mass is 16.6. The molecule has 0 radical (unpaired) electrons. The number of benzene rings is 1. The Morgan fingerprint density at radius 3 is 2.82 bits per heavy atom. The quantitative estimate of drug-likeness (QED) is 0.808. The van der Waals surface area contributed by atoms with Crippen LogP contribution >= 0.6 is 0 Å². The minimum Gasteiger partial charge on any atom is -0.450 e. The second-order valence-corrected chi connectivity index (χ2v) is 5.56. The molecule has 1 amide bonds. The van der Waals surface area contributed by atoms with Crippen molar-refractivity contribution in [2.75, 3.05) is 46.0 Å². The normalized spacial score (nSPS) is 15.5. The molecule has 0 atom stereocenters. The molecule has 0 bridgehead atoms. The lowest BCUT2D eigenvalue weighted by Gasteiger charge is -2.29. The van der Waals surface area contributed by atoms with Gasteiger partial charge in [0.1, 0.15) is 0 Å². The monoisotopic (exact) mass is 306 g/mol. The highest BCUT2D eigenvalue weighted by Gasteiger charge is 2.17. The largest absolute Gasteiger partial charge is 0.450 e. The predicted molar refractivity (Wildman–Crippen MR) is 85.9 cm³/mol. The first-order valence-electron chi connectivity index (χ1n) is 7.96. The molecule has 0 saturated carbocycles. The van der Waals surface area contributed by atoms with Crippen molar-refractivity contribution in [3.05, 3.63) is 35.4 Å². The van der Waals surface area contributed by atoms with Gasteiger partial charge in [0.2, 0.25) is 0 Å². The lowest BCUT2D eigenvalue weighted by atomic mass is 10.1. The van der Waals surface area contributed by atoms with Crippen LogP contribution in [0.15, 0.2) is 24.3 Å². The van der Waals surface area contributed by atoms with Crippen LogP contribution in [0.5, 0.6) is 0 Å². The smallest absolute Gasteiger partial charge is 0.410 e. The molecular weight excluding hydrogens is 280 g/mol. The van der Waals surface area contributed by atoms with Gasteiger partial charge < -0.3 is 14.4 Å². The number of hydrogen-bond acceptors (Lipinski definition) is 4. The van der Waals surface area contributed by atoms with Crippen LogP contribution in [0.4, 0.5) is 4.79 Å². The first kappa shape index (κ1) is 16.8. The van der Waals surface area contributed by atoms with E-state index in [1.807, 2.05) is 19.1 Å². The van der Waals surface area contributed by atoms with E-state index in [1.54, 1.807) is 4.90 Å². The molecular formula is C17H26N2O3. The molecule has 0 unspecified atom stereocenters. The Hall–Kier alpha value is -1.59. The summed E-state index contributed by atoms with van der Waals surface area (Å²) in [5.74, 6) is 0. The van der Waals surface area contributed by atoms with Crippen LogP contribution in [-0.4, -0.2) is 61.9 Å². The number of aryl methyl sites for hydroxylation is 1. The Morgan fingerprint density at radius 2 is 2.14 bits per heavy atom. The molecule has 2 rings (SSSR count). The van der Waals surface area contributed by atoms with Gasteiger partial charge in [-0.1, -0.05) is 29.8 Å². The maximum atomic E-state index is 12.2. The van der Waals surface area contributed by atoms with Gasteiger partial charge in [-0.15, -0.1) is 0 Å².